The quantitative estimate of drug-likeness (QED) is 0.781. The Morgan fingerprint density at radius 3 is 2.85 bits per heavy atom. The van der Waals surface area contributed by atoms with Gasteiger partial charge in [0.2, 0.25) is 0 Å². The van der Waals surface area contributed by atoms with Gasteiger partial charge in [-0.3, -0.25) is 4.79 Å². The van der Waals surface area contributed by atoms with Crippen LogP contribution in [0.2, 0.25) is 0 Å². The summed E-state index contributed by atoms with van der Waals surface area (Å²) >= 11 is 3.16. The van der Waals surface area contributed by atoms with Gasteiger partial charge in [0.05, 0.1) is 12.3 Å². The van der Waals surface area contributed by atoms with E-state index in [2.05, 4.69) is 15.9 Å². The van der Waals surface area contributed by atoms with Gasteiger partial charge in [-0.2, -0.15) is 5.26 Å². The fourth-order valence-electron chi connectivity index (χ4n) is 0.997. The molecule has 0 saturated heterocycles. The predicted octanol–water partition coefficient (Wildman–Crippen LogP) is 0.512. The maximum Gasteiger partial charge on any atom is 0.268 e. The lowest BCUT2D eigenvalue weighted by molar-refractivity contribution is 0.270. The molecule has 0 atom stereocenters. The Labute approximate surface area is 83.2 Å². The Morgan fingerprint density at radius 2 is 2.38 bits per heavy atom. The summed E-state index contributed by atoms with van der Waals surface area (Å²) in [7, 11) is 1.51. The van der Waals surface area contributed by atoms with Crippen LogP contribution in [-0.4, -0.2) is 9.67 Å². The van der Waals surface area contributed by atoms with Crippen LogP contribution >= 0.6 is 15.9 Å². The van der Waals surface area contributed by atoms with Gasteiger partial charge in [-0.25, -0.2) is 0 Å². The molecular formula is C8H7BrN2O2. The molecule has 1 heterocycles. The molecule has 0 amide bonds. The van der Waals surface area contributed by atoms with E-state index in [1.165, 1.54) is 17.7 Å². The Balaban J connectivity index is 3.58. The molecule has 68 valence electrons. The minimum absolute atomic E-state index is 0.0616. The van der Waals surface area contributed by atoms with Gasteiger partial charge in [0.25, 0.3) is 5.56 Å². The second kappa shape index (κ2) is 3.73. The van der Waals surface area contributed by atoms with E-state index >= 15 is 0 Å². The molecule has 1 rings (SSSR count). The van der Waals surface area contributed by atoms with Crippen LogP contribution in [0.4, 0.5) is 0 Å². The Bertz CT molecular complexity index is 431. The van der Waals surface area contributed by atoms with Gasteiger partial charge in [0.1, 0.15) is 11.6 Å². The molecule has 0 aliphatic carbocycles. The highest BCUT2D eigenvalue weighted by atomic mass is 79.9. The molecule has 0 saturated carbocycles. The molecular weight excluding hydrogens is 236 g/mol. The highest BCUT2D eigenvalue weighted by Crippen LogP contribution is 2.15. The second-order valence-corrected chi connectivity index (χ2v) is 3.34. The summed E-state index contributed by atoms with van der Waals surface area (Å²) in [6.45, 7) is -0.238. The molecule has 0 spiro atoms. The molecule has 5 heteroatoms. The van der Waals surface area contributed by atoms with E-state index in [0.29, 0.717) is 10.2 Å². The topological polar surface area (TPSA) is 66.0 Å². The van der Waals surface area contributed by atoms with Gasteiger partial charge >= 0.3 is 0 Å². The summed E-state index contributed by atoms with van der Waals surface area (Å²) in [6, 6.07) is 3.19. The molecule has 0 bridgehead atoms. The van der Waals surface area contributed by atoms with Crippen LogP contribution in [-0.2, 0) is 13.7 Å². The number of hydrogen-bond acceptors (Lipinski definition) is 3. The zero-order valence-electron chi connectivity index (χ0n) is 6.91. The van der Waals surface area contributed by atoms with Gasteiger partial charge in [-0.1, -0.05) is 0 Å². The number of hydrogen-bond donors (Lipinski definition) is 1. The van der Waals surface area contributed by atoms with Gasteiger partial charge in [-0.15, -0.1) is 0 Å². The summed E-state index contributed by atoms with van der Waals surface area (Å²) in [5, 5.41) is 17.5. The first-order valence-corrected chi connectivity index (χ1v) is 4.30. The first-order valence-electron chi connectivity index (χ1n) is 3.51. The van der Waals surface area contributed by atoms with Crippen molar-refractivity contribution in [3.8, 4) is 6.07 Å². The minimum atomic E-state index is -0.394. The first kappa shape index (κ1) is 9.96. The third-order valence-corrected chi connectivity index (χ3v) is 2.44. The average Bonchev–Trinajstić information content (AvgIpc) is 2.12. The number of aromatic nitrogens is 1. The fraction of sp³-hybridized carbons (Fsp3) is 0.250. The van der Waals surface area contributed by atoms with Crippen molar-refractivity contribution in [2.45, 2.75) is 6.61 Å². The standard InChI is InChI=1S/C8H7BrN2O2/c1-11-7(4-12)6(9)2-5(3-10)8(11)13/h2,12H,4H2,1H3. The normalized spacial score (nSPS) is 9.69. The number of nitrogens with zero attached hydrogens (tertiary/aromatic N) is 2. The molecule has 1 N–H and O–H groups in total. The second-order valence-electron chi connectivity index (χ2n) is 2.49. The average molecular weight is 243 g/mol. The highest BCUT2D eigenvalue weighted by molar-refractivity contribution is 9.10. The van der Waals surface area contributed by atoms with Crippen LogP contribution in [0.3, 0.4) is 0 Å². The van der Waals surface area contributed by atoms with E-state index < -0.39 is 5.56 Å². The minimum Gasteiger partial charge on any atom is -0.390 e. The molecule has 0 aromatic carbocycles. The first-order chi connectivity index (χ1) is 6.11. The van der Waals surface area contributed by atoms with Crippen LogP contribution in [0.1, 0.15) is 11.3 Å². The van der Waals surface area contributed by atoms with Crippen molar-refractivity contribution < 1.29 is 5.11 Å². The zero-order valence-corrected chi connectivity index (χ0v) is 8.50. The van der Waals surface area contributed by atoms with Crippen molar-refractivity contribution >= 4 is 15.9 Å². The van der Waals surface area contributed by atoms with Crippen molar-refractivity contribution in [1.82, 2.24) is 4.57 Å². The Morgan fingerprint density at radius 1 is 1.77 bits per heavy atom. The molecule has 0 fully saturated rings. The molecule has 1 aromatic rings. The van der Waals surface area contributed by atoms with E-state index in [1.807, 2.05) is 0 Å². The molecule has 0 aliphatic rings. The lowest BCUT2D eigenvalue weighted by atomic mass is 10.2. The smallest absolute Gasteiger partial charge is 0.268 e. The van der Waals surface area contributed by atoms with Crippen molar-refractivity contribution in [3.63, 3.8) is 0 Å². The third kappa shape index (κ3) is 1.64. The summed E-state index contributed by atoms with van der Waals surface area (Å²) in [5.41, 5.74) is 0.130. The van der Waals surface area contributed by atoms with Crippen molar-refractivity contribution in [2.75, 3.05) is 0 Å². The Kier molecular flexibility index (Phi) is 2.86. The molecule has 4 nitrogen and oxygen atoms in total. The summed E-state index contributed by atoms with van der Waals surface area (Å²) in [5.74, 6) is 0. The van der Waals surface area contributed by atoms with E-state index in [9.17, 15) is 4.79 Å². The predicted molar refractivity (Wildman–Crippen MR) is 50.0 cm³/mol. The van der Waals surface area contributed by atoms with Crippen molar-refractivity contribution in [2.24, 2.45) is 7.05 Å². The van der Waals surface area contributed by atoms with E-state index in [-0.39, 0.29) is 12.2 Å². The zero-order chi connectivity index (χ0) is 10.0. The van der Waals surface area contributed by atoms with E-state index in [4.69, 9.17) is 10.4 Å². The van der Waals surface area contributed by atoms with Crippen LogP contribution in [0, 0.1) is 11.3 Å². The van der Waals surface area contributed by atoms with E-state index in [1.54, 1.807) is 6.07 Å². The maximum absolute atomic E-state index is 11.3. The molecule has 0 aliphatic heterocycles. The fourth-order valence-corrected chi connectivity index (χ4v) is 1.62. The SMILES string of the molecule is Cn1c(CO)c(Br)cc(C#N)c1=O. The monoisotopic (exact) mass is 242 g/mol. The van der Waals surface area contributed by atoms with E-state index in [0.717, 1.165) is 0 Å². The molecule has 1 aromatic heterocycles. The van der Waals surface area contributed by atoms with Crippen LogP contribution < -0.4 is 5.56 Å². The molecule has 0 radical (unpaired) electrons. The summed E-state index contributed by atoms with van der Waals surface area (Å²) in [4.78, 5) is 11.3. The number of nitriles is 1. The summed E-state index contributed by atoms with van der Waals surface area (Å²) in [6.07, 6.45) is 0. The lowest BCUT2D eigenvalue weighted by Gasteiger charge is -2.07. The molecule has 13 heavy (non-hydrogen) atoms. The van der Waals surface area contributed by atoms with Crippen molar-refractivity contribution in [3.05, 3.63) is 32.2 Å². The maximum atomic E-state index is 11.3. The van der Waals surface area contributed by atoms with Crippen LogP contribution in [0.15, 0.2) is 15.3 Å². The van der Waals surface area contributed by atoms with Gasteiger partial charge in [-0.05, 0) is 22.0 Å². The van der Waals surface area contributed by atoms with Gasteiger partial charge in [0, 0.05) is 11.5 Å². The van der Waals surface area contributed by atoms with Gasteiger partial charge < -0.3 is 9.67 Å². The van der Waals surface area contributed by atoms with Crippen molar-refractivity contribution in [1.29, 1.82) is 5.26 Å². The summed E-state index contributed by atoms with van der Waals surface area (Å²) < 4.78 is 1.82. The number of aliphatic hydroxyl groups excluding tert-OH is 1. The van der Waals surface area contributed by atoms with Crippen LogP contribution in [0.25, 0.3) is 0 Å². The third-order valence-electron chi connectivity index (χ3n) is 1.76. The number of halogens is 1. The van der Waals surface area contributed by atoms with Gasteiger partial charge in [0.15, 0.2) is 0 Å². The largest absolute Gasteiger partial charge is 0.390 e. The number of pyridine rings is 1. The Hall–Kier alpha value is -1.12. The number of rotatable bonds is 1. The molecule has 0 unspecified atom stereocenters. The van der Waals surface area contributed by atoms with Crippen LogP contribution in [0.5, 0.6) is 0 Å². The number of aliphatic hydroxyl groups is 1. The highest BCUT2D eigenvalue weighted by Gasteiger charge is 2.08. The lowest BCUT2D eigenvalue weighted by Crippen LogP contribution is -2.23.